The lowest BCUT2D eigenvalue weighted by molar-refractivity contribution is 0.529. The van der Waals surface area contributed by atoms with Gasteiger partial charge in [0.1, 0.15) is 0 Å². The van der Waals surface area contributed by atoms with E-state index in [1.54, 1.807) is 11.3 Å². The molecule has 18 heavy (non-hydrogen) atoms. The number of hydrazine groups is 1. The van der Waals surface area contributed by atoms with E-state index in [0.29, 0.717) is 0 Å². The van der Waals surface area contributed by atoms with Crippen molar-refractivity contribution in [2.45, 2.75) is 32.7 Å². The third-order valence-corrected chi connectivity index (χ3v) is 3.74. The van der Waals surface area contributed by atoms with E-state index in [2.05, 4.69) is 33.8 Å². The van der Waals surface area contributed by atoms with Gasteiger partial charge in [0.15, 0.2) is 0 Å². The van der Waals surface area contributed by atoms with E-state index in [1.165, 1.54) is 5.56 Å². The van der Waals surface area contributed by atoms with Gasteiger partial charge in [-0.05, 0) is 25.0 Å². The Kier molecular flexibility index (Phi) is 4.41. The summed E-state index contributed by atoms with van der Waals surface area (Å²) in [5.74, 6) is 5.67. The minimum absolute atomic E-state index is 0.0163. The second kappa shape index (κ2) is 6.04. The maximum absolute atomic E-state index is 5.67. The summed E-state index contributed by atoms with van der Waals surface area (Å²) in [7, 11) is 0. The summed E-state index contributed by atoms with van der Waals surface area (Å²) >= 11 is 1.66. The number of rotatable bonds is 5. The maximum atomic E-state index is 5.67. The summed E-state index contributed by atoms with van der Waals surface area (Å²) in [6, 6.07) is 4.07. The number of pyridine rings is 1. The van der Waals surface area contributed by atoms with Crippen LogP contribution in [0, 0.1) is 6.92 Å². The fourth-order valence-electron chi connectivity index (χ4n) is 2.01. The van der Waals surface area contributed by atoms with Crippen molar-refractivity contribution in [1.29, 1.82) is 0 Å². The van der Waals surface area contributed by atoms with Gasteiger partial charge in [0.25, 0.3) is 0 Å². The van der Waals surface area contributed by atoms with E-state index in [4.69, 9.17) is 5.84 Å². The molecular weight excluding hydrogens is 244 g/mol. The molecule has 2 rings (SSSR count). The Hall–Kier alpha value is -1.30. The molecule has 4 nitrogen and oxygen atoms in total. The zero-order valence-electron chi connectivity index (χ0n) is 10.7. The molecule has 1 atom stereocenters. The topological polar surface area (TPSA) is 63.8 Å². The molecular formula is C13H18N4S. The number of hydrogen-bond acceptors (Lipinski definition) is 5. The standard InChI is InChI=1S/C13H18N4S/c1-3-10-5-4-6-15-13(10)12(17-14)7-11-8-18-9(2)16-11/h4-6,8,12,17H,3,7,14H2,1-2H3. The lowest BCUT2D eigenvalue weighted by Gasteiger charge is -2.17. The molecule has 0 amide bonds. The number of aromatic nitrogens is 2. The highest BCUT2D eigenvalue weighted by atomic mass is 32.1. The predicted octanol–water partition coefficient (Wildman–Crippen LogP) is 2.16. The van der Waals surface area contributed by atoms with Gasteiger partial charge in [-0.2, -0.15) is 0 Å². The van der Waals surface area contributed by atoms with Crippen LogP contribution in [0.4, 0.5) is 0 Å². The normalized spacial score (nSPS) is 12.6. The predicted molar refractivity (Wildman–Crippen MR) is 74.2 cm³/mol. The van der Waals surface area contributed by atoms with Gasteiger partial charge < -0.3 is 0 Å². The highest BCUT2D eigenvalue weighted by Crippen LogP contribution is 2.20. The second-order valence-electron chi connectivity index (χ2n) is 4.18. The van der Waals surface area contributed by atoms with Crippen LogP contribution in [-0.2, 0) is 12.8 Å². The van der Waals surface area contributed by atoms with E-state index in [0.717, 1.165) is 29.2 Å². The zero-order chi connectivity index (χ0) is 13.0. The maximum Gasteiger partial charge on any atom is 0.0897 e. The third-order valence-electron chi connectivity index (χ3n) is 2.92. The van der Waals surface area contributed by atoms with Crippen molar-refractivity contribution in [1.82, 2.24) is 15.4 Å². The molecule has 0 saturated heterocycles. The summed E-state index contributed by atoms with van der Waals surface area (Å²) in [4.78, 5) is 8.93. The van der Waals surface area contributed by atoms with Crippen LogP contribution in [0.25, 0.3) is 0 Å². The first-order valence-electron chi connectivity index (χ1n) is 6.05. The van der Waals surface area contributed by atoms with E-state index >= 15 is 0 Å². The highest BCUT2D eigenvalue weighted by molar-refractivity contribution is 7.09. The van der Waals surface area contributed by atoms with E-state index in [-0.39, 0.29) is 6.04 Å². The SMILES string of the molecule is CCc1cccnc1C(Cc1csc(C)n1)NN. The average Bonchev–Trinajstić information content (AvgIpc) is 2.81. The number of nitrogens with one attached hydrogen (secondary N) is 1. The van der Waals surface area contributed by atoms with Crippen LogP contribution < -0.4 is 11.3 Å². The molecule has 2 aromatic heterocycles. The summed E-state index contributed by atoms with van der Waals surface area (Å²) in [6.07, 6.45) is 3.54. The molecule has 0 aliphatic carbocycles. The minimum Gasteiger partial charge on any atom is -0.271 e. The molecule has 1 unspecified atom stereocenters. The van der Waals surface area contributed by atoms with Gasteiger partial charge in [-0.3, -0.25) is 16.3 Å². The highest BCUT2D eigenvalue weighted by Gasteiger charge is 2.16. The number of nitrogens with zero attached hydrogens (tertiary/aromatic N) is 2. The fourth-order valence-corrected chi connectivity index (χ4v) is 2.63. The molecule has 0 spiro atoms. The lowest BCUT2D eigenvalue weighted by atomic mass is 10.0. The molecule has 0 fully saturated rings. The van der Waals surface area contributed by atoms with Gasteiger partial charge in [0.05, 0.1) is 22.4 Å². The van der Waals surface area contributed by atoms with Crippen LogP contribution in [0.15, 0.2) is 23.7 Å². The van der Waals surface area contributed by atoms with E-state index in [9.17, 15) is 0 Å². The Morgan fingerprint density at radius 3 is 2.94 bits per heavy atom. The van der Waals surface area contributed by atoms with Gasteiger partial charge in [0, 0.05) is 18.0 Å². The summed E-state index contributed by atoms with van der Waals surface area (Å²) in [5, 5.41) is 3.16. The molecule has 0 radical (unpaired) electrons. The largest absolute Gasteiger partial charge is 0.271 e. The first-order valence-corrected chi connectivity index (χ1v) is 6.93. The lowest BCUT2D eigenvalue weighted by Crippen LogP contribution is -2.31. The van der Waals surface area contributed by atoms with Crippen molar-refractivity contribution >= 4 is 11.3 Å². The van der Waals surface area contributed by atoms with Gasteiger partial charge in [0.2, 0.25) is 0 Å². The summed E-state index contributed by atoms with van der Waals surface area (Å²) in [6.45, 7) is 4.14. The van der Waals surface area contributed by atoms with Gasteiger partial charge in [-0.25, -0.2) is 4.98 Å². The van der Waals surface area contributed by atoms with Crippen LogP contribution in [0.3, 0.4) is 0 Å². The van der Waals surface area contributed by atoms with Crippen molar-refractivity contribution in [3.8, 4) is 0 Å². The molecule has 0 bridgehead atoms. The van der Waals surface area contributed by atoms with Crippen LogP contribution in [0.2, 0.25) is 0 Å². The molecule has 5 heteroatoms. The van der Waals surface area contributed by atoms with Crippen molar-refractivity contribution in [3.05, 3.63) is 45.7 Å². The smallest absolute Gasteiger partial charge is 0.0897 e. The molecule has 2 heterocycles. The molecule has 0 saturated carbocycles. The Balaban J connectivity index is 2.22. The molecule has 3 N–H and O–H groups in total. The molecule has 0 aliphatic heterocycles. The number of nitrogens with two attached hydrogens (primary N) is 1. The van der Waals surface area contributed by atoms with Crippen LogP contribution in [0.1, 0.15) is 34.9 Å². The zero-order valence-corrected chi connectivity index (χ0v) is 11.5. The van der Waals surface area contributed by atoms with Gasteiger partial charge in [-0.1, -0.05) is 13.0 Å². The quantitative estimate of drug-likeness (QED) is 0.640. The van der Waals surface area contributed by atoms with Gasteiger partial charge in [-0.15, -0.1) is 11.3 Å². The Morgan fingerprint density at radius 2 is 2.33 bits per heavy atom. The molecule has 0 aliphatic rings. The second-order valence-corrected chi connectivity index (χ2v) is 5.24. The van der Waals surface area contributed by atoms with Crippen LogP contribution >= 0.6 is 11.3 Å². The monoisotopic (exact) mass is 262 g/mol. The summed E-state index contributed by atoms with van der Waals surface area (Å²) < 4.78 is 0. The Labute approximate surface area is 111 Å². The average molecular weight is 262 g/mol. The third kappa shape index (κ3) is 2.93. The molecule has 96 valence electrons. The number of aryl methyl sites for hydroxylation is 2. The summed E-state index contributed by atoms with van der Waals surface area (Å²) in [5.41, 5.74) is 6.17. The minimum atomic E-state index is 0.0163. The van der Waals surface area contributed by atoms with Crippen LogP contribution in [-0.4, -0.2) is 9.97 Å². The molecule has 0 aromatic carbocycles. The van der Waals surface area contributed by atoms with E-state index < -0.39 is 0 Å². The Bertz CT molecular complexity index is 509. The Morgan fingerprint density at radius 1 is 1.50 bits per heavy atom. The van der Waals surface area contributed by atoms with Crippen LogP contribution in [0.5, 0.6) is 0 Å². The van der Waals surface area contributed by atoms with Crippen molar-refractivity contribution < 1.29 is 0 Å². The molecule has 2 aromatic rings. The number of thiazole rings is 1. The first kappa shape index (κ1) is 13.1. The van der Waals surface area contributed by atoms with Crippen molar-refractivity contribution in [2.75, 3.05) is 0 Å². The van der Waals surface area contributed by atoms with Crippen molar-refractivity contribution in [2.24, 2.45) is 5.84 Å². The van der Waals surface area contributed by atoms with Crippen molar-refractivity contribution in [3.63, 3.8) is 0 Å². The van der Waals surface area contributed by atoms with E-state index in [1.807, 2.05) is 19.2 Å². The number of hydrogen-bond donors (Lipinski definition) is 2. The first-order chi connectivity index (χ1) is 8.74. The van der Waals surface area contributed by atoms with Gasteiger partial charge >= 0.3 is 0 Å². The fraction of sp³-hybridized carbons (Fsp3) is 0.385.